The lowest BCUT2D eigenvalue weighted by molar-refractivity contribution is 0.0233. The van der Waals surface area contributed by atoms with Crippen molar-refractivity contribution in [3.63, 3.8) is 0 Å². The average molecular weight is 217 g/mol. The fourth-order valence-corrected chi connectivity index (χ4v) is 1.19. The molecule has 0 fully saturated rings. The molecule has 82 valence electrons. The predicted molar refractivity (Wildman–Crippen MR) is 57.3 cm³/mol. The second-order valence-electron chi connectivity index (χ2n) is 3.19. The summed E-state index contributed by atoms with van der Waals surface area (Å²) >= 11 is 0. The number of hydrogen-bond acceptors (Lipinski definition) is 3. The molecule has 2 rings (SSSR count). The highest BCUT2D eigenvalue weighted by Crippen LogP contribution is 1.99. The van der Waals surface area contributed by atoms with Crippen LogP contribution < -0.4 is 5.48 Å². The molecule has 0 aliphatic rings. The van der Waals surface area contributed by atoms with Gasteiger partial charge >= 0.3 is 0 Å². The second kappa shape index (κ2) is 5.09. The molecule has 0 spiro atoms. The quantitative estimate of drug-likeness (QED) is 0.758. The normalized spacial score (nSPS) is 10.0. The van der Waals surface area contributed by atoms with Crippen molar-refractivity contribution in [2.75, 3.05) is 0 Å². The molecule has 1 aromatic heterocycles. The van der Waals surface area contributed by atoms with Crippen molar-refractivity contribution in [2.24, 2.45) is 0 Å². The van der Waals surface area contributed by atoms with E-state index in [2.05, 4.69) is 15.7 Å². The van der Waals surface area contributed by atoms with E-state index < -0.39 is 0 Å². The van der Waals surface area contributed by atoms with Gasteiger partial charge in [0.1, 0.15) is 0 Å². The fraction of sp³-hybridized carbons (Fsp3) is 0.0909. The summed E-state index contributed by atoms with van der Waals surface area (Å²) in [4.78, 5) is 16.5. The summed E-state index contributed by atoms with van der Waals surface area (Å²) in [5.41, 5.74) is 3.77. The van der Waals surface area contributed by atoms with Crippen LogP contribution in [-0.4, -0.2) is 16.1 Å². The Morgan fingerprint density at radius 3 is 2.88 bits per heavy atom. The molecule has 0 atom stereocenters. The number of amides is 1. The molecule has 0 bridgehead atoms. The number of nitrogens with one attached hydrogen (secondary N) is 2. The Morgan fingerprint density at radius 1 is 1.38 bits per heavy atom. The Morgan fingerprint density at radius 2 is 2.19 bits per heavy atom. The molecule has 1 amide bonds. The zero-order valence-corrected chi connectivity index (χ0v) is 8.51. The van der Waals surface area contributed by atoms with Crippen LogP contribution in [0.5, 0.6) is 0 Å². The van der Waals surface area contributed by atoms with Gasteiger partial charge in [-0.3, -0.25) is 14.7 Å². The van der Waals surface area contributed by atoms with Gasteiger partial charge in [0, 0.05) is 6.20 Å². The Kier molecular flexibility index (Phi) is 3.30. The number of rotatable bonds is 4. The molecule has 0 saturated heterocycles. The summed E-state index contributed by atoms with van der Waals surface area (Å²) in [5, 5.41) is 6.22. The van der Waals surface area contributed by atoms with Gasteiger partial charge in [-0.1, -0.05) is 30.3 Å². The SMILES string of the molecule is O=C(NOCc1ccccc1)c1cn[nH]c1. The zero-order valence-electron chi connectivity index (χ0n) is 8.51. The summed E-state index contributed by atoms with van der Waals surface area (Å²) < 4.78 is 0. The minimum Gasteiger partial charge on any atom is -0.285 e. The van der Waals surface area contributed by atoms with Crippen molar-refractivity contribution >= 4 is 5.91 Å². The summed E-state index contributed by atoms with van der Waals surface area (Å²) in [5.74, 6) is -0.315. The van der Waals surface area contributed by atoms with Gasteiger partial charge in [-0.15, -0.1) is 0 Å². The molecule has 2 N–H and O–H groups in total. The van der Waals surface area contributed by atoms with E-state index in [0.717, 1.165) is 5.56 Å². The van der Waals surface area contributed by atoms with Crippen LogP contribution in [0.4, 0.5) is 0 Å². The van der Waals surface area contributed by atoms with Crippen LogP contribution in [0.15, 0.2) is 42.7 Å². The van der Waals surface area contributed by atoms with E-state index in [0.29, 0.717) is 12.2 Å². The van der Waals surface area contributed by atoms with Crippen molar-refractivity contribution in [2.45, 2.75) is 6.61 Å². The molecular formula is C11H11N3O2. The minimum atomic E-state index is -0.315. The lowest BCUT2D eigenvalue weighted by atomic mass is 10.2. The van der Waals surface area contributed by atoms with Crippen LogP contribution in [0.3, 0.4) is 0 Å². The molecule has 0 radical (unpaired) electrons. The van der Waals surface area contributed by atoms with E-state index in [1.54, 1.807) is 0 Å². The van der Waals surface area contributed by atoms with Gasteiger partial charge in [0.15, 0.2) is 0 Å². The first kappa shape index (κ1) is 10.4. The first-order chi connectivity index (χ1) is 7.86. The predicted octanol–water partition coefficient (Wildman–Crippen LogP) is 1.27. The Labute approximate surface area is 92.4 Å². The third-order valence-electron chi connectivity index (χ3n) is 2.01. The molecule has 16 heavy (non-hydrogen) atoms. The molecular weight excluding hydrogens is 206 g/mol. The monoisotopic (exact) mass is 217 g/mol. The van der Waals surface area contributed by atoms with Crippen LogP contribution >= 0.6 is 0 Å². The number of carbonyl (C=O) groups is 1. The van der Waals surface area contributed by atoms with Gasteiger partial charge in [0.2, 0.25) is 0 Å². The lowest BCUT2D eigenvalue weighted by Gasteiger charge is -2.04. The standard InChI is InChI=1S/C11H11N3O2/c15-11(10-6-12-13-7-10)14-16-8-9-4-2-1-3-5-9/h1-7H,8H2,(H,12,13)(H,14,15). The van der Waals surface area contributed by atoms with E-state index in [4.69, 9.17) is 4.84 Å². The number of aromatic nitrogens is 2. The topological polar surface area (TPSA) is 67.0 Å². The number of aromatic amines is 1. The fourth-order valence-electron chi connectivity index (χ4n) is 1.19. The second-order valence-corrected chi connectivity index (χ2v) is 3.19. The molecule has 5 heteroatoms. The van der Waals surface area contributed by atoms with E-state index >= 15 is 0 Å². The number of benzene rings is 1. The van der Waals surface area contributed by atoms with Crippen LogP contribution in [0.25, 0.3) is 0 Å². The first-order valence-corrected chi connectivity index (χ1v) is 4.81. The number of carbonyl (C=O) groups excluding carboxylic acids is 1. The molecule has 1 aromatic carbocycles. The highest BCUT2D eigenvalue weighted by Gasteiger charge is 2.05. The minimum absolute atomic E-state index is 0.315. The molecule has 0 saturated carbocycles. The van der Waals surface area contributed by atoms with E-state index in [-0.39, 0.29) is 5.91 Å². The van der Waals surface area contributed by atoms with Crippen LogP contribution in [0, 0.1) is 0 Å². The highest BCUT2D eigenvalue weighted by molar-refractivity contribution is 5.92. The van der Waals surface area contributed by atoms with Gasteiger partial charge in [-0.2, -0.15) is 5.10 Å². The van der Waals surface area contributed by atoms with E-state index in [1.165, 1.54) is 12.4 Å². The van der Waals surface area contributed by atoms with Gasteiger partial charge in [-0.25, -0.2) is 5.48 Å². The Bertz CT molecular complexity index is 440. The van der Waals surface area contributed by atoms with Gasteiger partial charge in [-0.05, 0) is 5.56 Å². The number of hydroxylamine groups is 1. The molecule has 0 aliphatic heterocycles. The first-order valence-electron chi connectivity index (χ1n) is 4.81. The molecule has 1 heterocycles. The highest BCUT2D eigenvalue weighted by atomic mass is 16.6. The van der Waals surface area contributed by atoms with Gasteiger partial charge < -0.3 is 0 Å². The van der Waals surface area contributed by atoms with Crippen molar-refractivity contribution < 1.29 is 9.63 Å². The van der Waals surface area contributed by atoms with Crippen LogP contribution in [0.1, 0.15) is 15.9 Å². The molecule has 0 unspecified atom stereocenters. The van der Waals surface area contributed by atoms with Crippen molar-refractivity contribution in [3.05, 3.63) is 53.9 Å². The van der Waals surface area contributed by atoms with E-state index in [9.17, 15) is 4.79 Å². The van der Waals surface area contributed by atoms with Crippen molar-refractivity contribution in [1.82, 2.24) is 15.7 Å². The van der Waals surface area contributed by atoms with Crippen LogP contribution in [0.2, 0.25) is 0 Å². The largest absolute Gasteiger partial charge is 0.285 e. The Balaban J connectivity index is 1.79. The van der Waals surface area contributed by atoms with E-state index in [1.807, 2.05) is 30.3 Å². The number of H-pyrrole nitrogens is 1. The third-order valence-corrected chi connectivity index (χ3v) is 2.01. The average Bonchev–Trinajstić information content (AvgIpc) is 2.84. The maximum Gasteiger partial charge on any atom is 0.278 e. The maximum atomic E-state index is 11.4. The number of hydrogen-bond donors (Lipinski definition) is 2. The molecule has 2 aromatic rings. The number of nitrogens with zero attached hydrogens (tertiary/aromatic N) is 1. The van der Waals surface area contributed by atoms with Gasteiger partial charge in [0.25, 0.3) is 5.91 Å². The maximum absolute atomic E-state index is 11.4. The molecule has 5 nitrogen and oxygen atoms in total. The van der Waals surface area contributed by atoms with Gasteiger partial charge in [0.05, 0.1) is 18.4 Å². The van der Waals surface area contributed by atoms with Crippen molar-refractivity contribution in [3.8, 4) is 0 Å². The third kappa shape index (κ3) is 2.68. The lowest BCUT2D eigenvalue weighted by Crippen LogP contribution is -2.23. The summed E-state index contributed by atoms with van der Waals surface area (Å²) in [7, 11) is 0. The van der Waals surface area contributed by atoms with Crippen molar-refractivity contribution in [1.29, 1.82) is 0 Å². The summed E-state index contributed by atoms with van der Waals surface area (Å²) in [6.07, 6.45) is 2.93. The van der Waals surface area contributed by atoms with Crippen LogP contribution in [-0.2, 0) is 11.4 Å². The smallest absolute Gasteiger partial charge is 0.278 e. The zero-order chi connectivity index (χ0) is 11.2. The molecule has 0 aliphatic carbocycles. The Hall–Kier alpha value is -2.14. The summed E-state index contributed by atoms with van der Waals surface area (Å²) in [6.45, 7) is 0.338. The summed E-state index contributed by atoms with van der Waals surface area (Å²) in [6, 6.07) is 9.59.